The quantitative estimate of drug-likeness (QED) is 0.773. The molecule has 0 atom stereocenters. The van der Waals surface area contributed by atoms with Crippen molar-refractivity contribution in [2.45, 2.75) is 52.2 Å². The highest BCUT2D eigenvalue weighted by molar-refractivity contribution is 6.55. The highest BCUT2D eigenvalue weighted by Gasteiger charge is 2.52. The molecular formula is C19H30BNO3. The van der Waals surface area contributed by atoms with Crippen LogP contribution < -0.4 is 10.1 Å². The molecule has 24 heavy (non-hydrogen) atoms. The number of rotatable bonds is 7. The van der Waals surface area contributed by atoms with Crippen LogP contribution in [-0.2, 0) is 9.31 Å². The predicted molar refractivity (Wildman–Crippen MR) is 100 cm³/mol. The second kappa shape index (κ2) is 7.73. The van der Waals surface area contributed by atoms with E-state index in [2.05, 4.69) is 58.1 Å². The minimum atomic E-state index is -0.345. The topological polar surface area (TPSA) is 39.7 Å². The Morgan fingerprint density at radius 1 is 1.21 bits per heavy atom. The lowest BCUT2D eigenvalue weighted by Crippen LogP contribution is -2.41. The van der Waals surface area contributed by atoms with Gasteiger partial charge in [-0.25, -0.2) is 0 Å². The van der Waals surface area contributed by atoms with Crippen molar-refractivity contribution in [1.29, 1.82) is 0 Å². The lowest BCUT2D eigenvalue weighted by atomic mass is 9.77. The number of ether oxygens (including phenoxy) is 1. The molecule has 0 spiro atoms. The van der Waals surface area contributed by atoms with E-state index >= 15 is 0 Å². The average Bonchev–Trinajstić information content (AvgIpc) is 2.73. The van der Waals surface area contributed by atoms with E-state index in [4.69, 9.17) is 14.0 Å². The summed E-state index contributed by atoms with van der Waals surface area (Å²) in [5.74, 6) is 0.892. The van der Waals surface area contributed by atoms with Gasteiger partial charge in [0.15, 0.2) is 0 Å². The van der Waals surface area contributed by atoms with Gasteiger partial charge in [-0.2, -0.15) is 0 Å². The van der Waals surface area contributed by atoms with Crippen LogP contribution in [0.4, 0.5) is 0 Å². The maximum absolute atomic E-state index is 6.18. The monoisotopic (exact) mass is 331 g/mol. The minimum Gasteiger partial charge on any atom is -0.494 e. The van der Waals surface area contributed by atoms with Crippen LogP contribution in [0.2, 0.25) is 0 Å². The van der Waals surface area contributed by atoms with Gasteiger partial charge < -0.3 is 19.4 Å². The standard InChI is InChI=1S/C19H30BNO3/c1-7-11-22-17-10-8-9-15(13-17)12-16(14-21-6)20-23-18(2,3)19(4,5)24-20/h8-10,12-13,21H,7,11,14H2,1-6H3. The molecule has 1 aromatic carbocycles. The number of benzene rings is 1. The average molecular weight is 331 g/mol. The van der Waals surface area contributed by atoms with Gasteiger partial charge in [-0.3, -0.25) is 0 Å². The smallest absolute Gasteiger partial charge is 0.491 e. The molecule has 132 valence electrons. The van der Waals surface area contributed by atoms with Crippen molar-refractivity contribution in [1.82, 2.24) is 5.32 Å². The molecule has 1 saturated heterocycles. The summed E-state index contributed by atoms with van der Waals surface area (Å²) >= 11 is 0. The third-order valence-corrected chi connectivity index (χ3v) is 4.62. The van der Waals surface area contributed by atoms with Gasteiger partial charge in [-0.15, -0.1) is 0 Å². The van der Waals surface area contributed by atoms with Crippen LogP contribution >= 0.6 is 0 Å². The van der Waals surface area contributed by atoms with Crippen LogP contribution in [0.5, 0.6) is 5.75 Å². The Hall–Kier alpha value is -1.30. The molecular weight excluding hydrogens is 301 g/mol. The van der Waals surface area contributed by atoms with Gasteiger partial charge in [-0.05, 0) is 64.3 Å². The van der Waals surface area contributed by atoms with Crippen LogP contribution in [0.3, 0.4) is 0 Å². The number of nitrogens with one attached hydrogen (secondary N) is 1. The molecule has 0 aliphatic carbocycles. The summed E-state index contributed by atoms with van der Waals surface area (Å²) in [6, 6.07) is 8.12. The Labute approximate surface area is 146 Å². The highest BCUT2D eigenvalue weighted by Crippen LogP contribution is 2.38. The van der Waals surface area contributed by atoms with Crippen LogP contribution in [0, 0.1) is 0 Å². The summed E-state index contributed by atoms with van der Waals surface area (Å²) in [5, 5.41) is 3.21. The zero-order valence-electron chi connectivity index (χ0n) is 15.8. The molecule has 1 aliphatic rings. The zero-order chi connectivity index (χ0) is 17.8. The van der Waals surface area contributed by atoms with Crippen molar-refractivity contribution >= 4 is 13.2 Å². The first-order valence-corrected chi connectivity index (χ1v) is 8.72. The van der Waals surface area contributed by atoms with Crippen molar-refractivity contribution in [3.63, 3.8) is 0 Å². The Morgan fingerprint density at radius 2 is 1.88 bits per heavy atom. The van der Waals surface area contributed by atoms with E-state index in [1.54, 1.807) is 0 Å². The maximum Gasteiger partial charge on any atom is 0.491 e. The fraction of sp³-hybridized carbons (Fsp3) is 0.579. The van der Waals surface area contributed by atoms with Crippen molar-refractivity contribution in [2.24, 2.45) is 0 Å². The number of hydrogen-bond donors (Lipinski definition) is 1. The molecule has 1 heterocycles. The zero-order valence-corrected chi connectivity index (χ0v) is 15.8. The first kappa shape index (κ1) is 19.0. The Bertz CT molecular complexity index is 568. The van der Waals surface area contributed by atoms with Crippen LogP contribution in [-0.4, -0.2) is 38.5 Å². The number of likely N-dealkylation sites (N-methyl/N-ethyl adjacent to an activating group) is 1. The van der Waals surface area contributed by atoms with Crippen molar-refractivity contribution in [3.8, 4) is 5.75 Å². The Balaban J connectivity index is 2.23. The van der Waals surface area contributed by atoms with Crippen LogP contribution in [0.15, 0.2) is 29.7 Å². The summed E-state index contributed by atoms with van der Waals surface area (Å²) in [6.45, 7) is 11.8. The molecule has 1 aromatic rings. The van der Waals surface area contributed by atoms with E-state index in [1.165, 1.54) is 0 Å². The number of hydrogen-bond acceptors (Lipinski definition) is 4. The van der Waals surface area contributed by atoms with E-state index in [-0.39, 0.29) is 18.3 Å². The summed E-state index contributed by atoms with van der Waals surface area (Å²) < 4.78 is 18.1. The maximum atomic E-state index is 6.18. The van der Waals surface area contributed by atoms with Gasteiger partial charge in [0.1, 0.15) is 5.75 Å². The largest absolute Gasteiger partial charge is 0.494 e. The molecule has 5 heteroatoms. The first-order valence-electron chi connectivity index (χ1n) is 8.72. The molecule has 1 aliphatic heterocycles. The molecule has 0 aromatic heterocycles. The summed E-state index contributed by atoms with van der Waals surface area (Å²) in [4.78, 5) is 0. The van der Waals surface area contributed by atoms with Crippen molar-refractivity contribution < 1.29 is 14.0 Å². The summed E-state index contributed by atoms with van der Waals surface area (Å²) in [5.41, 5.74) is 1.49. The van der Waals surface area contributed by atoms with Gasteiger partial charge >= 0.3 is 7.12 Å². The normalized spacial score (nSPS) is 19.6. The molecule has 4 nitrogen and oxygen atoms in total. The van der Waals surface area contributed by atoms with Crippen LogP contribution in [0.25, 0.3) is 6.08 Å². The molecule has 0 saturated carbocycles. The lowest BCUT2D eigenvalue weighted by Gasteiger charge is -2.32. The SMILES string of the molecule is CCCOc1cccc(C=C(CNC)B2OC(C)(C)C(C)(C)O2)c1. The molecule has 1 fully saturated rings. The molecule has 0 unspecified atom stereocenters. The highest BCUT2D eigenvalue weighted by atomic mass is 16.7. The van der Waals surface area contributed by atoms with Gasteiger partial charge in [0.2, 0.25) is 0 Å². The van der Waals surface area contributed by atoms with Gasteiger partial charge in [0.25, 0.3) is 0 Å². The van der Waals surface area contributed by atoms with E-state index in [0.717, 1.165) is 29.8 Å². The van der Waals surface area contributed by atoms with E-state index in [1.807, 2.05) is 19.2 Å². The summed E-state index contributed by atoms with van der Waals surface area (Å²) in [6.07, 6.45) is 3.12. The second-order valence-corrected chi connectivity index (χ2v) is 7.26. The summed E-state index contributed by atoms with van der Waals surface area (Å²) in [7, 11) is 1.59. The third kappa shape index (κ3) is 4.41. The fourth-order valence-electron chi connectivity index (χ4n) is 2.53. The first-order chi connectivity index (χ1) is 11.3. The molecule has 0 radical (unpaired) electrons. The second-order valence-electron chi connectivity index (χ2n) is 7.26. The fourth-order valence-corrected chi connectivity index (χ4v) is 2.53. The molecule has 1 N–H and O–H groups in total. The van der Waals surface area contributed by atoms with Gasteiger partial charge in [0, 0.05) is 6.54 Å². The van der Waals surface area contributed by atoms with E-state index in [9.17, 15) is 0 Å². The Kier molecular flexibility index (Phi) is 6.13. The van der Waals surface area contributed by atoms with Gasteiger partial charge in [0.05, 0.1) is 17.8 Å². The molecule has 0 bridgehead atoms. The van der Waals surface area contributed by atoms with Gasteiger partial charge in [-0.1, -0.05) is 25.1 Å². The Morgan fingerprint density at radius 3 is 2.46 bits per heavy atom. The molecule has 2 rings (SSSR count). The molecule has 0 amide bonds. The lowest BCUT2D eigenvalue weighted by molar-refractivity contribution is 0.00578. The van der Waals surface area contributed by atoms with Crippen molar-refractivity contribution in [2.75, 3.05) is 20.2 Å². The third-order valence-electron chi connectivity index (χ3n) is 4.62. The van der Waals surface area contributed by atoms with E-state index in [0.29, 0.717) is 6.54 Å². The van der Waals surface area contributed by atoms with Crippen molar-refractivity contribution in [3.05, 3.63) is 35.3 Å². The van der Waals surface area contributed by atoms with Crippen LogP contribution in [0.1, 0.15) is 46.6 Å². The van der Waals surface area contributed by atoms with E-state index < -0.39 is 0 Å². The minimum absolute atomic E-state index is 0.337. The predicted octanol–water partition coefficient (Wildman–Crippen LogP) is 3.71.